The zero-order valence-corrected chi connectivity index (χ0v) is 12.8. The topological polar surface area (TPSA) is 118 Å². The van der Waals surface area contributed by atoms with Crippen LogP contribution in [0.5, 0.6) is 0 Å². The van der Waals surface area contributed by atoms with Gasteiger partial charge in [-0.1, -0.05) is 26.2 Å². The summed E-state index contributed by atoms with van der Waals surface area (Å²) in [6.45, 7) is 1.72. The molecule has 22 heavy (non-hydrogen) atoms. The number of imidazole rings is 1. The summed E-state index contributed by atoms with van der Waals surface area (Å²) in [4.78, 5) is 31.1. The lowest BCUT2D eigenvalue weighted by Gasteiger charge is -2.28. The van der Waals surface area contributed by atoms with E-state index in [1.54, 1.807) is 13.1 Å². The zero-order valence-electron chi connectivity index (χ0n) is 12.8. The number of aromatic nitrogens is 2. The first-order valence-electron chi connectivity index (χ1n) is 7.67. The van der Waals surface area contributed by atoms with Gasteiger partial charge in [0.05, 0.1) is 12.0 Å². The normalized spacial score (nSPS) is 17.0. The number of carbonyl (C=O) groups excluding carboxylic acids is 2. The summed E-state index contributed by atoms with van der Waals surface area (Å²) in [5.41, 5.74) is 6.83. The molecule has 1 aliphatic rings. The molecule has 0 aliphatic heterocycles. The summed E-state index contributed by atoms with van der Waals surface area (Å²) in [6.07, 6.45) is 8.33. The van der Waals surface area contributed by atoms with E-state index in [0.717, 1.165) is 37.1 Å². The van der Waals surface area contributed by atoms with Crippen molar-refractivity contribution in [2.45, 2.75) is 45.4 Å². The predicted molar refractivity (Wildman–Crippen MR) is 82.6 cm³/mol. The van der Waals surface area contributed by atoms with Gasteiger partial charge in [-0.25, -0.2) is 15.8 Å². The number of primary amides is 1. The molecule has 0 unspecified atom stereocenters. The maximum Gasteiger partial charge on any atom is 0.247 e. The van der Waals surface area contributed by atoms with E-state index in [9.17, 15) is 9.59 Å². The molecular weight excluding hydrogens is 282 g/mol. The largest absolute Gasteiger partial charge is 0.366 e. The standard InChI is InChI=1S/C15H23N5O2/c1-2-12(21)20(17)14(11-8-18-9-19-11)13(15(16)22)10-6-4-3-5-7-10/h8-10H,2-7,17H2,1H3,(H2,16,22)(H,18,19). The molecule has 0 saturated heterocycles. The van der Waals surface area contributed by atoms with Crippen molar-refractivity contribution in [2.75, 3.05) is 0 Å². The average molecular weight is 305 g/mol. The Bertz CT molecular complexity index is 558. The van der Waals surface area contributed by atoms with Gasteiger partial charge < -0.3 is 10.7 Å². The second-order valence-corrected chi connectivity index (χ2v) is 5.53. The van der Waals surface area contributed by atoms with Crippen molar-refractivity contribution < 1.29 is 9.59 Å². The first-order valence-corrected chi connectivity index (χ1v) is 7.67. The molecule has 1 fully saturated rings. The maximum atomic E-state index is 12.1. The molecule has 5 N–H and O–H groups in total. The van der Waals surface area contributed by atoms with Crippen LogP contribution in [0.3, 0.4) is 0 Å². The highest BCUT2D eigenvalue weighted by Crippen LogP contribution is 2.34. The second-order valence-electron chi connectivity index (χ2n) is 5.53. The molecule has 120 valence electrons. The SMILES string of the molecule is CCC(=O)N(N)C(=C(C(N)=O)C1CCCCC1)c1c[nH]cn1. The third-order valence-corrected chi connectivity index (χ3v) is 4.09. The lowest BCUT2D eigenvalue weighted by molar-refractivity contribution is -0.127. The van der Waals surface area contributed by atoms with Gasteiger partial charge in [-0.05, 0) is 18.8 Å². The molecule has 2 amide bonds. The molecule has 2 rings (SSSR count). The van der Waals surface area contributed by atoms with Crippen molar-refractivity contribution in [2.24, 2.45) is 17.5 Å². The van der Waals surface area contributed by atoms with Gasteiger partial charge in [-0.3, -0.25) is 9.59 Å². The van der Waals surface area contributed by atoms with Crippen molar-refractivity contribution in [3.05, 3.63) is 23.8 Å². The van der Waals surface area contributed by atoms with E-state index in [1.165, 1.54) is 6.33 Å². The lowest BCUT2D eigenvalue weighted by atomic mass is 9.82. The molecule has 7 nitrogen and oxygen atoms in total. The van der Waals surface area contributed by atoms with Gasteiger partial charge in [0, 0.05) is 18.2 Å². The quantitative estimate of drug-likeness (QED) is 0.329. The highest BCUT2D eigenvalue weighted by molar-refractivity contribution is 6.02. The summed E-state index contributed by atoms with van der Waals surface area (Å²) in [6, 6.07) is 0. The van der Waals surface area contributed by atoms with Gasteiger partial charge in [0.15, 0.2) is 0 Å². The number of hydrogen-bond acceptors (Lipinski definition) is 4. The molecule has 7 heteroatoms. The molecule has 1 aromatic heterocycles. The fourth-order valence-corrected chi connectivity index (χ4v) is 2.98. The van der Waals surface area contributed by atoms with Crippen LogP contribution in [0, 0.1) is 5.92 Å². The number of H-pyrrole nitrogens is 1. The van der Waals surface area contributed by atoms with E-state index in [0.29, 0.717) is 17.0 Å². The van der Waals surface area contributed by atoms with Crippen LogP contribution in [0.2, 0.25) is 0 Å². The minimum Gasteiger partial charge on any atom is -0.366 e. The van der Waals surface area contributed by atoms with E-state index in [1.807, 2.05) is 0 Å². The number of nitrogens with one attached hydrogen (secondary N) is 1. The molecule has 0 spiro atoms. The van der Waals surface area contributed by atoms with Gasteiger partial charge in [-0.2, -0.15) is 0 Å². The molecule has 1 aromatic rings. The van der Waals surface area contributed by atoms with Crippen LogP contribution in [0.15, 0.2) is 18.1 Å². The first kappa shape index (κ1) is 16.2. The van der Waals surface area contributed by atoms with Crippen LogP contribution in [0.4, 0.5) is 0 Å². The van der Waals surface area contributed by atoms with Crippen LogP contribution in [0.1, 0.15) is 51.1 Å². The number of amides is 2. The predicted octanol–water partition coefficient (Wildman–Crippen LogP) is 1.30. The van der Waals surface area contributed by atoms with E-state index >= 15 is 0 Å². The van der Waals surface area contributed by atoms with Gasteiger partial charge in [-0.15, -0.1) is 0 Å². The van der Waals surface area contributed by atoms with Crippen LogP contribution in [0.25, 0.3) is 5.70 Å². The van der Waals surface area contributed by atoms with Crippen molar-refractivity contribution in [1.82, 2.24) is 15.0 Å². The van der Waals surface area contributed by atoms with E-state index in [-0.39, 0.29) is 18.2 Å². The van der Waals surface area contributed by atoms with Gasteiger partial charge >= 0.3 is 0 Å². The molecule has 1 aliphatic carbocycles. The van der Waals surface area contributed by atoms with Crippen LogP contribution in [-0.2, 0) is 9.59 Å². The van der Waals surface area contributed by atoms with Gasteiger partial charge in [0.25, 0.3) is 0 Å². The summed E-state index contributed by atoms with van der Waals surface area (Å²) >= 11 is 0. The smallest absolute Gasteiger partial charge is 0.247 e. The highest BCUT2D eigenvalue weighted by atomic mass is 16.2. The molecule has 1 saturated carbocycles. The Kier molecular flexibility index (Phi) is 5.32. The molecule has 0 radical (unpaired) electrons. The summed E-state index contributed by atoms with van der Waals surface area (Å²) in [7, 11) is 0. The number of hydrogen-bond donors (Lipinski definition) is 3. The number of aromatic amines is 1. The first-order chi connectivity index (χ1) is 10.6. The lowest BCUT2D eigenvalue weighted by Crippen LogP contribution is -2.39. The number of rotatable bonds is 5. The Morgan fingerprint density at radius 1 is 1.36 bits per heavy atom. The maximum absolute atomic E-state index is 12.1. The van der Waals surface area contributed by atoms with Crippen LogP contribution in [-0.4, -0.2) is 26.8 Å². The average Bonchev–Trinajstić information content (AvgIpc) is 3.05. The van der Waals surface area contributed by atoms with E-state index < -0.39 is 5.91 Å². The minimum atomic E-state index is -0.538. The molecule has 0 aromatic carbocycles. The van der Waals surface area contributed by atoms with Gasteiger partial charge in [0.2, 0.25) is 11.8 Å². The van der Waals surface area contributed by atoms with Crippen LogP contribution >= 0.6 is 0 Å². The Labute approximate surface area is 129 Å². The Morgan fingerprint density at radius 3 is 2.55 bits per heavy atom. The van der Waals surface area contributed by atoms with Crippen LogP contribution < -0.4 is 11.6 Å². The summed E-state index contributed by atoms with van der Waals surface area (Å²) < 4.78 is 0. The monoisotopic (exact) mass is 305 g/mol. The molecule has 0 bridgehead atoms. The number of nitrogens with zero attached hydrogens (tertiary/aromatic N) is 2. The highest BCUT2D eigenvalue weighted by Gasteiger charge is 2.30. The third kappa shape index (κ3) is 3.36. The Morgan fingerprint density at radius 2 is 2.05 bits per heavy atom. The van der Waals surface area contributed by atoms with Crippen molar-refractivity contribution >= 4 is 17.5 Å². The molecular formula is C15H23N5O2. The molecule has 1 heterocycles. The number of carbonyl (C=O) groups is 2. The van der Waals surface area contributed by atoms with E-state index in [4.69, 9.17) is 11.6 Å². The van der Waals surface area contributed by atoms with Crippen molar-refractivity contribution in [3.63, 3.8) is 0 Å². The van der Waals surface area contributed by atoms with Crippen molar-refractivity contribution in [3.8, 4) is 0 Å². The molecule has 0 atom stereocenters. The Hall–Kier alpha value is -2.15. The number of nitrogens with two attached hydrogens (primary N) is 2. The number of hydrazine groups is 1. The zero-order chi connectivity index (χ0) is 16.1. The van der Waals surface area contributed by atoms with Gasteiger partial charge in [0.1, 0.15) is 5.69 Å². The third-order valence-electron chi connectivity index (χ3n) is 4.09. The fraction of sp³-hybridized carbons (Fsp3) is 0.533. The minimum absolute atomic E-state index is 0.0219. The summed E-state index contributed by atoms with van der Waals surface area (Å²) in [5.74, 6) is 5.17. The second kappa shape index (κ2) is 7.22. The fourth-order valence-electron chi connectivity index (χ4n) is 2.98. The summed E-state index contributed by atoms with van der Waals surface area (Å²) in [5, 5.41) is 1.02. The van der Waals surface area contributed by atoms with E-state index in [2.05, 4.69) is 9.97 Å². The van der Waals surface area contributed by atoms with Crippen molar-refractivity contribution in [1.29, 1.82) is 0 Å². The Balaban J connectivity index is 2.54.